The average molecular weight is 324 g/mol. The maximum atomic E-state index is 9.68. The normalized spacial score (nSPS) is 11.2. The van der Waals surface area contributed by atoms with Crippen LogP contribution in [0.1, 0.15) is 0 Å². The predicted molar refractivity (Wildman–Crippen MR) is 89.2 cm³/mol. The molecular formula is C17H12N2O3S. The van der Waals surface area contributed by atoms with E-state index in [-0.39, 0.29) is 5.75 Å². The van der Waals surface area contributed by atoms with Crippen LogP contribution in [-0.2, 0) is 0 Å². The minimum atomic E-state index is 0.172. The summed E-state index contributed by atoms with van der Waals surface area (Å²) in [6.07, 6.45) is 1.61. The minimum Gasteiger partial charge on any atom is -0.508 e. The number of fused-ring (bicyclic) bond motifs is 2. The Labute approximate surface area is 135 Å². The molecule has 3 N–H and O–H groups in total. The predicted octanol–water partition coefficient (Wildman–Crippen LogP) is 4.64. The number of furan rings is 1. The van der Waals surface area contributed by atoms with Crippen molar-refractivity contribution >= 4 is 39.5 Å². The highest BCUT2D eigenvalue weighted by Crippen LogP contribution is 2.39. The minimum absolute atomic E-state index is 0.172. The van der Waals surface area contributed by atoms with E-state index in [9.17, 15) is 5.11 Å². The highest BCUT2D eigenvalue weighted by atomic mass is 32.2. The molecule has 2 heterocycles. The van der Waals surface area contributed by atoms with Crippen LogP contribution in [0.2, 0.25) is 0 Å². The third-order valence-corrected chi connectivity index (χ3v) is 4.69. The Hall–Kier alpha value is -2.70. The van der Waals surface area contributed by atoms with Crippen molar-refractivity contribution in [2.24, 2.45) is 0 Å². The number of phenolic OH excluding ortho intramolecular Hbond substituents is 1. The molecule has 0 aliphatic rings. The molecule has 0 fully saturated rings. The van der Waals surface area contributed by atoms with E-state index in [1.807, 2.05) is 24.3 Å². The van der Waals surface area contributed by atoms with Crippen LogP contribution in [0.25, 0.3) is 22.0 Å². The average Bonchev–Trinajstić information content (AvgIpc) is 3.03. The zero-order chi connectivity index (χ0) is 15.8. The Morgan fingerprint density at radius 1 is 1.00 bits per heavy atom. The molecule has 0 saturated carbocycles. The van der Waals surface area contributed by atoms with Gasteiger partial charge in [-0.15, -0.1) is 0 Å². The molecule has 0 amide bonds. The number of hydrogen-bond donors (Lipinski definition) is 3. The van der Waals surface area contributed by atoms with Crippen molar-refractivity contribution in [3.8, 4) is 5.75 Å². The second-order valence-electron chi connectivity index (χ2n) is 5.02. The molecule has 0 bridgehead atoms. The van der Waals surface area contributed by atoms with Gasteiger partial charge in [-0.25, -0.2) is 4.98 Å². The number of hydrogen-bond acceptors (Lipinski definition) is 6. The summed E-state index contributed by atoms with van der Waals surface area (Å²) in [6.45, 7) is 0. The summed E-state index contributed by atoms with van der Waals surface area (Å²) < 4.78 is 5.43. The lowest BCUT2D eigenvalue weighted by atomic mass is 10.2. The Morgan fingerprint density at radius 3 is 2.61 bits per heavy atom. The molecule has 23 heavy (non-hydrogen) atoms. The van der Waals surface area contributed by atoms with E-state index >= 15 is 0 Å². The van der Waals surface area contributed by atoms with Gasteiger partial charge in [0.15, 0.2) is 0 Å². The van der Waals surface area contributed by atoms with Gasteiger partial charge in [-0.3, -0.25) is 10.7 Å². The van der Waals surface area contributed by atoms with E-state index in [2.05, 4.69) is 10.5 Å². The molecule has 5 nitrogen and oxygen atoms in total. The maximum absolute atomic E-state index is 9.68. The number of aromatic nitrogens is 1. The summed E-state index contributed by atoms with van der Waals surface area (Å²) in [5.74, 6) is 0.172. The van der Waals surface area contributed by atoms with Crippen LogP contribution < -0.4 is 5.48 Å². The monoisotopic (exact) mass is 324 g/mol. The lowest BCUT2D eigenvalue weighted by molar-refractivity contribution is 0.389. The van der Waals surface area contributed by atoms with Gasteiger partial charge < -0.3 is 9.52 Å². The molecular weight excluding hydrogens is 312 g/mol. The van der Waals surface area contributed by atoms with E-state index in [1.165, 1.54) is 0 Å². The van der Waals surface area contributed by atoms with Gasteiger partial charge >= 0.3 is 0 Å². The highest BCUT2D eigenvalue weighted by molar-refractivity contribution is 7.99. The summed E-state index contributed by atoms with van der Waals surface area (Å²) in [5.41, 5.74) is 3.97. The second kappa shape index (κ2) is 5.49. The molecule has 2 aromatic carbocycles. The summed E-state index contributed by atoms with van der Waals surface area (Å²) in [4.78, 5) is 6.48. The first-order chi connectivity index (χ1) is 11.2. The number of nitrogens with zero attached hydrogens (tertiary/aromatic N) is 1. The van der Waals surface area contributed by atoms with E-state index in [1.54, 1.807) is 42.3 Å². The molecule has 0 spiro atoms. The van der Waals surface area contributed by atoms with E-state index in [0.717, 1.165) is 20.6 Å². The first kappa shape index (κ1) is 13.9. The van der Waals surface area contributed by atoms with Crippen LogP contribution in [-0.4, -0.2) is 15.3 Å². The quantitative estimate of drug-likeness (QED) is 0.477. The maximum Gasteiger partial charge on any atom is 0.227 e. The van der Waals surface area contributed by atoms with Crippen molar-refractivity contribution in [1.82, 2.24) is 4.98 Å². The van der Waals surface area contributed by atoms with E-state index in [0.29, 0.717) is 16.9 Å². The number of phenols is 1. The van der Waals surface area contributed by atoms with Crippen LogP contribution in [0.4, 0.5) is 5.69 Å². The van der Waals surface area contributed by atoms with Gasteiger partial charge in [-0.2, -0.15) is 0 Å². The molecule has 4 rings (SSSR count). The number of benzene rings is 2. The fourth-order valence-electron chi connectivity index (χ4n) is 2.45. The lowest BCUT2D eigenvalue weighted by Crippen LogP contribution is -1.88. The van der Waals surface area contributed by atoms with Gasteiger partial charge in [0.2, 0.25) is 5.71 Å². The zero-order valence-electron chi connectivity index (χ0n) is 11.9. The summed E-state index contributed by atoms with van der Waals surface area (Å²) in [7, 11) is 0. The van der Waals surface area contributed by atoms with Crippen LogP contribution in [0.15, 0.2) is 69.0 Å². The molecule has 0 radical (unpaired) electrons. The molecule has 0 aliphatic carbocycles. The molecule has 114 valence electrons. The lowest BCUT2D eigenvalue weighted by Gasteiger charge is -2.08. The zero-order valence-corrected chi connectivity index (χ0v) is 12.7. The molecule has 4 aromatic rings. The topological polar surface area (TPSA) is 78.5 Å². The van der Waals surface area contributed by atoms with Crippen LogP contribution >= 0.6 is 11.8 Å². The third-order valence-electron chi connectivity index (χ3n) is 3.54. The summed E-state index contributed by atoms with van der Waals surface area (Å²) >= 11 is 1.59. The number of anilines is 1. The van der Waals surface area contributed by atoms with Crippen LogP contribution in [0.5, 0.6) is 5.75 Å². The Bertz CT molecular complexity index is 996. The number of aromatic hydroxyl groups is 1. The SMILES string of the molecule is ONc1ccc(Sc2c3ccc(O)cc3nc3occc23)cc1. The Balaban J connectivity index is 1.89. The fraction of sp³-hybridized carbons (Fsp3) is 0. The second-order valence-corrected chi connectivity index (χ2v) is 6.10. The van der Waals surface area contributed by atoms with Gasteiger partial charge in [-0.1, -0.05) is 11.8 Å². The molecule has 0 atom stereocenters. The van der Waals surface area contributed by atoms with Gasteiger partial charge in [0.1, 0.15) is 5.75 Å². The van der Waals surface area contributed by atoms with Gasteiger partial charge in [0, 0.05) is 21.2 Å². The van der Waals surface area contributed by atoms with Crippen LogP contribution in [0, 0.1) is 0 Å². The standard InChI is InChI=1S/C17H12N2O3S/c20-11-3-6-13-15(9-11)18-17-14(7-8-22-17)16(13)23-12-4-1-10(19-21)2-5-12/h1-9,19-21H. The molecule has 0 saturated heterocycles. The Morgan fingerprint density at radius 2 is 1.83 bits per heavy atom. The largest absolute Gasteiger partial charge is 0.508 e. The van der Waals surface area contributed by atoms with Crippen molar-refractivity contribution in [1.29, 1.82) is 0 Å². The van der Waals surface area contributed by atoms with E-state index < -0.39 is 0 Å². The highest BCUT2D eigenvalue weighted by Gasteiger charge is 2.13. The summed E-state index contributed by atoms with van der Waals surface area (Å²) in [5, 5.41) is 20.5. The molecule has 0 aliphatic heterocycles. The Kier molecular flexibility index (Phi) is 3.33. The number of nitrogens with one attached hydrogen (secondary N) is 1. The van der Waals surface area contributed by atoms with Crippen molar-refractivity contribution in [2.75, 3.05) is 5.48 Å². The van der Waals surface area contributed by atoms with Crippen molar-refractivity contribution in [3.05, 3.63) is 54.8 Å². The van der Waals surface area contributed by atoms with Gasteiger partial charge in [0.05, 0.1) is 22.9 Å². The first-order valence-electron chi connectivity index (χ1n) is 6.92. The molecule has 0 unspecified atom stereocenters. The third kappa shape index (κ3) is 2.48. The van der Waals surface area contributed by atoms with Crippen LogP contribution in [0.3, 0.4) is 0 Å². The molecule has 6 heteroatoms. The summed E-state index contributed by atoms with van der Waals surface area (Å²) in [6, 6.07) is 14.5. The first-order valence-corrected chi connectivity index (χ1v) is 7.74. The van der Waals surface area contributed by atoms with Gasteiger partial charge in [0.25, 0.3) is 0 Å². The van der Waals surface area contributed by atoms with Crippen molar-refractivity contribution in [2.45, 2.75) is 9.79 Å². The van der Waals surface area contributed by atoms with Gasteiger partial charge in [-0.05, 0) is 42.5 Å². The number of pyridine rings is 1. The fourth-order valence-corrected chi connectivity index (χ4v) is 3.50. The van der Waals surface area contributed by atoms with Crippen molar-refractivity contribution in [3.63, 3.8) is 0 Å². The number of rotatable bonds is 3. The van der Waals surface area contributed by atoms with Crippen molar-refractivity contribution < 1.29 is 14.7 Å². The smallest absolute Gasteiger partial charge is 0.227 e. The van der Waals surface area contributed by atoms with E-state index in [4.69, 9.17) is 9.62 Å². The molecule has 2 aromatic heterocycles.